The predicted octanol–water partition coefficient (Wildman–Crippen LogP) is 5.64. The lowest BCUT2D eigenvalue weighted by atomic mass is 10.2. The van der Waals surface area contributed by atoms with Crippen molar-refractivity contribution in [1.82, 2.24) is 0 Å². The first kappa shape index (κ1) is 29.9. The molecule has 9 nitrogen and oxygen atoms in total. The Hall–Kier alpha value is -2.70. The molecule has 0 saturated heterocycles. The number of anilines is 3. The third-order valence-corrected chi connectivity index (χ3v) is 8.47. The lowest BCUT2D eigenvalue weighted by Gasteiger charge is -2.23. The molecule has 0 aromatic heterocycles. The van der Waals surface area contributed by atoms with Gasteiger partial charge in [-0.15, -0.1) is 0 Å². The fourth-order valence-corrected chi connectivity index (χ4v) is 6.22. The fraction of sp³-hybridized carbons (Fsp3) is 0.208. The summed E-state index contributed by atoms with van der Waals surface area (Å²) in [5.41, 5.74) is 0.936. The van der Waals surface area contributed by atoms with Gasteiger partial charge in [0.05, 0.1) is 34.7 Å². The van der Waals surface area contributed by atoms with Crippen molar-refractivity contribution in [3.8, 4) is 5.75 Å². The van der Waals surface area contributed by atoms with Crippen molar-refractivity contribution in [2.75, 3.05) is 34.3 Å². The molecule has 0 atom stereocenters. The summed E-state index contributed by atoms with van der Waals surface area (Å²) in [6.45, 7) is 0.0469. The molecular formula is C24H24Cl3N3O6S2. The van der Waals surface area contributed by atoms with E-state index in [4.69, 9.17) is 39.5 Å². The van der Waals surface area contributed by atoms with Gasteiger partial charge in [-0.25, -0.2) is 16.8 Å². The van der Waals surface area contributed by atoms with Crippen LogP contribution in [0.3, 0.4) is 0 Å². The summed E-state index contributed by atoms with van der Waals surface area (Å²) in [5.74, 6) is 0.0419. The van der Waals surface area contributed by atoms with E-state index in [2.05, 4.69) is 10.0 Å². The molecule has 0 heterocycles. The Morgan fingerprint density at radius 1 is 0.895 bits per heavy atom. The van der Waals surface area contributed by atoms with Crippen LogP contribution < -0.4 is 19.1 Å². The second kappa shape index (κ2) is 12.4. The number of carbonyl (C=O) groups is 1. The highest BCUT2D eigenvalue weighted by Gasteiger charge is 2.19. The molecule has 3 rings (SSSR count). The monoisotopic (exact) mass is 619 g/mol. The first-order valence-corrected chi connectivity index (χ1v) is 15.4. The largest absolute Gasteiger partial charge is 0.495 e. The number of sulfonamides is 2. The highest BCUT2D eigenvalue weighted by Crippen LogP contribution is 2.30. The van der Waals surface area contributed by atoms with Crippen molar-refractivity contribution in [1.29, 1.82) is 0 Å². The van der Waals surface area contributed by atoms with Crippen LogP contribution in [0.1, 0.15) is 12.8 Å². The highest BCUT2D eigenvalue weighted by atomic mass is 35.5. The van der Waals surface area contributed by atoms with E-state index in [1.807, 2.05) is 0 Å². The zero-order chi connectivity index (χ0) is 28.1. The molecule has 0 aliphatic heterocycles. The third kappa shape index (κ3) is 8.15. The van der Waals surface area contributed by atoms with Crippen LogP contribution in [0.25, 0.3) is 0 Å². The SMILES string of the molecule is COc1ccc(N(CCCC(=O)Nc2ccc(S(=O)(=O)Nc3cc(Cl)cc(Cl)c3)cc2)S(C)(=O)=O)cc1Cl. The number of nitrogens with one attached hydrogen (secondary N) is 2. The number of halogens is 3. The highest BCUT2D eigenvalue weighted by molar-refractivity contribution is 7.92. The normalized spacial score (nSPS) is 11.6. The van der Waals surface area contributed by atoms with Crippen LogP contribution in [0.5, 0.6) is 5.75 Å². The van der Waals surface area contributed by atoms with Crippen molar-refractivity contribution in [3.63, 3.8) is 0 Å². The van der Waals surface area contributed by atoms with Gasteiger partial charge in [0.15, 0.2) is 0 Å². The predicted molar refractivity (Wildman–Crippen MR) is 152 cm³/mol. The van der Waals surface area contributed by atoms with E-state index < -0.39 is 20.0 Å². The number of nitrogens with zero attached hydrogens (tertiary/aromatic N) is 1. The van der Waals surface area contributed by atoms with Crippen molar-refractivity contribution >= 4 is 77.8 Å². The minimum absolute atomic E-state index is 0.0209. The summed E-state index contributed by atoms with van der Waals surface area (Å²) in [4.78, 5) is 12.4. The topological polar surface area (TPSA) is 122 Å². The molecule has 0 aliphatic carbocycles. The van der Waals surface area contributed by atoms with Gasteiger partial charge in [0, 0.05) is 28.7 Å². The van der Waals surface area contributed by atoms with Gasteiger partial charge in [-0.3, -0.25) is 13.8 Å². The van der Waals surface area contributed by atoms with Crippen LogP contribution in [0.15, 0.2) is 65.6 Å². The molecule has 2 N–H and O–H groups in total. The number of carbonyl (C=O) groups excluding carboxylic acids is 1. The van der Waals surface area contributed by atoms with Crippen LogP contribution in [0.2, 0.25) is 15.1 Å². The van der Waals surface area contributed by atoms with Crippen molar-refractivity contribution in [3.05, 3.63) is 75.7 Å². The molecule has 0 saturated carbocycles. The zero-order valence-electron chi connectivity index (χ0n) is 20.2. The van der Waals surface area contributed by atoms with Gasteiger partial charge >= 0.3 is 0 Å². The second-order valence-corrected chi connectivity index (χ2v) is 13.0. The Morgan fingerprint density at radius 2 is 1.53 bits per heavy atom. The zero-order valence-corrected chi connectivity index (χ0v) is 24.1. The number of hydrogen-bond donors (Lipinski definition) is 2. The minimum atomic E-state index is -3.92. The van der Waals surface area contributed by atoms with Gasteiger partial charge in [-0.05, 0) is 67.1 Å². The Balaban J connectivity index is 1.59. The van der Waals surface area contributed by atoms with Crippen molar-refractivity contribution < 1.29 is 26.4 Å². The van der Waals surface area contributed by atoms with Gasteiger partial charge < -0.3 is 10.1 Å². The van der Waals surface area contributed by atoms with Crippen LogP contribution in [-0.4, -0.2) is 42.7 Å². The molecule has 0 spiro atoms. The number of ether oxygens (including phenoxy) is 1. The Bertz CT molecular complexity index is 1510. The summed E-state index contributed by atoms with van der Waals surface area (Å²) in [5, 5.41) is 3.48. The summed E-state index contributed by atoms with van der Waals surface area (Å²) >= 11 is 18.0. The van der Waals surface area contributed by atoms with Crippen LogP contribution in [0.4, 0.5) is 17.1 Å². The summed E-state index contributed by atoms with van der Waals surface area (Å²) in [6.07, 6.45) is 1.31. The van der Waals surface area contributed by atoms with E-state index in [9.17, 15) is 21.6 Å². The number of benzene rings is 3. The molecule has 0 radical (unpaired) electrons. The van der Waals surface area contributed by atoms with E-state index >= 15 is 0 Å². The quantitative estimate of drug-likeness (QED) is 0.286. The summed E-state index contributed by atoms with van der Waals surface area (Å²) in [7, 11) is -6.10. The third-order valence-electron chi connectivity index (χ3n) is 5.15. The maximum atomic E-state index is 12.7. The van der Waals surface area contributed by atoms with Gasteiger partial charge in [0.25, 0.3) is 10.0 Å². The van der Waals surface area contributed by atoms with Gasteiger partial charge in [0.1, 0.15) is 5.75 Å². The second-order valence-electron chi connectivity index (χ2n) is 8.09. The van der Waals surface area contributed by atoms with Gasteiger partial charge in [0.2, 0.25) is 15.9 Å². The van der Waals surface area contributed by atoms with E-state index in [1.165, 1.54) is 55.6 Å². The lowest BCUT2D eigenvalue weighted by Crippen LogP contribution is -2.31. The maximum absolute atomic E-state index is 12.7. The fourth-order valence-electron chi connectivity index (χ4n) is 3.45. The molecule has 14 heteroatoms. The molecule has 3 aromatic carbocycles. The number of methoxy groups -OCH3 is 1. The lowest BCUT2D eigenvalue weighted by molar-refractivity contribution is -0.116. The Morgan fingerprint density at radius 3 is 2.08 bits per heavy atom. The molecule has 38 heavy (non-hydrogen) atoms. The summed E-state index contributed by atoms with van der Waals surface area (Å²) < 4.78 is 58.6. The molecule has 0 fully saturated rings. The molecule has 204 valence electrons. The first-order valence-electron chi connectivity index (χ1n) is 11.0. The minimum Gasteiger partial charge on any atom is -0.495 e. The van der Waals surface area contributed by atoms with E-state index in [0.29, 0.717) is 17.1 Å². The standard InChI is InChI=1S/C24H24Cl3N3O6S2/c1-36-23-10-7-20(15-22(23)27)30(37(2,32)33)11-3-4-24(31)28-18-5-8-21(9-6-18)38(34,35)29-19-13-16(25)12-17(26)14-19/h5-10,12-15,29H,3-4,11H2,1-2H3,(H,28,31). The average Bonchev–Trinajstić information content (AvgIpc) is 2.80. The molecular weight excluding hydrogens is 597 g/mol. The van der Waals surface area contributed by atoms with Crippen molar-refractivity contribution in [2.24, 2.45) is 0 Å². The van der Waals surface area contributed by atoms with Crippen LogP contribution in [0, 0.1) is 0 Å². The Labute approximate surface area is 236 Å². The molecule has 1 amide bonds. The van der Waals surface area contributed by atoms with E-state index in [-0.39, 0.29) is 50.9 Å². The average molecular weight is 621 g/mol. The number of hydrogen-bond acceptors (Lipinski definition) is 6. The van der Waals surface area contributed by atoms with Gasteiger partial charge in [-0.1, -0.05) is 34.8 Å². The molecule has 0 aliphatic rings. The first-order chi connectivity index (χ1) is 17.8. The molecule has 0 bridgehead atoms. The van der Waals surface area contributed by atoms with E-state index in [1.54, 1.807) is 12.1 Å². The Kier molecular flexibility index (Phi) is 9.77. The van der Waals surface area contributed by atoms with Crippen LogP contribution in [-0.2, 0) is 24.8 Å². The number of rotatable bonds is 11. The maximum Gasteiger partial charge on any atom is 0.261 e. The molecule has 3 aromatic rings. The summed E-state index contributed by atoms with van der Waals surface area (Å²) in [6, 6.07) is 14.5. The van der Waals surface area contributed by atoms with E-state index in [0.717, 1.165) is 10.6 Å². The number of amides is 1. The van der Waals surface area contributed by atoms with Crippen molar-refractivity contribution in [2.45, 2.75) is 17.7 Å². The smallest absolute Gasteiger partial charge is 0.261 e. The van der Waals surface area contributed by atoms with Crippen LogP contribution >= 0.6 is 34.8 Å². The molecule has 0 unspecified atom stereocenters. The van der Waals surface area contributed by atoms with Gasteiger partial charge in [-0.2, -0.15) is 0 Å².